The van der Waals surface area contributed by atoms with Gasteiger partial charge in [-0.25, -0.2) is 4.79 Å². The van der Waals surface area contributed by atoms with Crippen LogP contribution in [0.25, 0.3) is 16.7 Å². The number of allylic oxidation sites excluding steroid dienone is 1. The molecule has 0 amide bonds. The molecule has 4 nitrogen and oxygen atoms in total. The molecule has 0 aromatic heterocycles. The van der Waals surface area contributed by atoms with E-state index in [0.29, 0.717) is 19.6 Å². The zero-order valence-corrected chi connectivity index (χ0v) is 19.0. The van der Waals surface area contributed by atoms with Crippen molar-refractivity contribution in [3.63, 3.8) is 0 Å². The number of benzene rings is 3. The van der Waals surface area contributed by atoms with Gasteiger partial charge < -0.3 is 14.6 Å². The lowest BCUT2D eigenvalue weighted by Crippen LogP contribution is -2.26. The maximum absolute atomic E-state index is 11.2. The van der Waals surface area contributed by atoms with Gasteiger partial charge in [0.25, 0.3) is 0 Å². The third-order valence-corrected chi connectivity index (χ3v) is 5.40. The maximum atomic E-state index is 11.2. The van der Waals surface area contributed by atoms with Gasteiger partial charge >= 0.3 is 5.97 Å². The fourth-order valence-electron chi connectivity index (χ4n) is 3.30. The summed E-state index contributed by atoms with van der Waals surface area (Å²) in [5.74, 6) is -0.215. The van der Waals surface area contributed by atoms with Crippen molar-refractivity contribution in [3.05, 3.63) is 95.0 Å². The molecule has 0 aliphatic rings. The van der Waals surface area contributed by atoms with Crippen LogP contribution in [-0.4, -0.2) is 30.4 Å². The predicted octanol–water partition coefficient (Wildman–Crippen LogP) is 6.52. The Balaban J connectivity index is 1.55. The van der Waals surface area contributed by atoms with Gasteiger partial charge in [-0.1, -0.05) is 60.1 Å². The summed E-state index contributed by atoms with van der Waals surface area (Å²) in [4.78, 5) is 11.2. The van der Waals surface area contributed by atoms with E-state index in [2.05, 4.69) is 31.2 Å². The maximum Gasteiger partial charge on any atom is 0.333 e. The van der Waals surface area contributed by atoms with Crippen molar-refractivity contribution >= 4 is 23.1 Å². The average Bonchev–Trinajstić information content (AvgIpc) is 2.80. The summed E-state index contributed by atoms with van der Waals surface area (Å²) in [6.45, 7) is 4.66. The highest BCUT2D eigenvalue weighted by atomic mass is 35.5. The van der Waals surface area contributed by atoms with E-state index in [4.69, 9.17) is 21.1 Å². The minimum Gasteiger partial charge on any atom is -0.490 e. The van der Waals surface area contributed by atoms with Crippen LogP contribution in [0.3, 0.4) is 0 Å². The Morgan fingerprint density at radius 3 is 2.12 bits per heavy atom. The van der Waals surface area contributed by atoms with E-state index >= 15 is 0 Å². The number of ether oxygens (including phenoxy) is 2. The van der Waals surface area contributed by atoms with Gasteiger partial charge in [-0.2, -0.15) is 0 Å². The lowest BCUT2D eigenvalue weighted by atomic mass is 10.0. The van der Waals surface area contributed by atoms with E-state index in [9.17, 15) is 9.90 Å². The number of aliphatic carboxylic acids is 1. The first-order chi connectivity index (χ1) is 15.5. The Morgan fingerprint density at radius 1 is 0.969 bits per heavy atom. The Kier molecular flexibility index (Phi) is 8.48. The first-order valence-electron chi connectivity index (χ1n) is 10.6. The summed E-state index contributed by atoms with van der Waals surface area (Å²) in [5, 5.41) is 9.93. The highest BCUT2D eigenvalue weighted by molar-refractivity contribution is 6.30. The average molecular weight is 451 g/mol. The van der Waals surface area contributed by atoms with Crippen molar-refractivity contribution in [1.29, 1.82) is 0 Å². The standard InChI is InChI=1S/C27H27ClO4/c1-3-31-26(27(29)30)18-20-4-14-25(15-5-20)32-17-16-19(2)21-6-8-22(9-7-21)23-10-12-24(28)13-11-23/h4-16,26H,3,17-18H2,1-2H3,(H,29,30)/b19-16+/t26-/m0/s1. The molecule has 3 aromatic rings. The second-order valence-electron chi connectivity index (χ2n) is 7.41. The lowest BCUT2D eigenvalue weighted by molar-refractivity contribution is -0.149. The quantitative estimate of drug-likeness (QED) is 0.382. The minimum absolute atomic E-state index is 0.328. The summed E-state index contributed by atoms with van der Waals surface area (Å²) < 4.78 is 11.1. The van der Waals surface area contributed by atoms with Crippen molar-refractivity contribution in [2.24, 2.45) is 0 Å². The third kappa shape index (κ3) is 6.71. The summed E-state index contributed by atoms with van der Waals surface area (Å²) in [7, 11) is 0. The molecule has 5 heteroatoms. The molecule has 0 saturated carbocycles. The molecule has 3 aromatic carbocycles. The Hall–Kier alpha value is -3.08. The van der Waals surface area contributed by atoms with Gasteiger partial charge in [0.1, 0.15) is 12.4 Å². The van der Waals surface area contributed by atoms with E-state index in [1.165, 1.54) is 0 Å². The molecule has 0 unspecified atom stereocenters. The molecule has 0 aliphatic carbocycles. The van der Waals surface area contributed by atoms with Gasteiger partial charge in [0.15, 0.2) is 6.10 Å². The predicted molar refractivity (Wildman–Crippen MR) is 129 cm³/mol. The van der Waals surface area contributed by atoms with Crippen molar-refractivity contribution in [2.45, 2.75) is 26.4 Å². The van der Waals surface area contributed by atoms with Gasteiger partial charge in [0.05, 0.1) is 0 Å². The van der Waals surface area contributed by atoms with Crippen LogP contribution in [-0.2, 0) is 16.0 Å². The zero-order chi connectivity index (χ0) is 22.9. The zero-order valence-electron chi connectivity index (χ0n) is 18.3. The van der Waals surface area contributed by atoms with Crippen LogP contribution in [0.15, 0.2) is 78.9 Å². The van der Waals surface area contributed by atoms with Crippen LogP contribution in [0.2, 0.25) is 5.02 Å². The number of halogens is 1. The molecule has 0 radical (unpaired) electrons. The number of hydrogen-bond donors (Lipinski definition) is 1. The van der Waals surface area contributed by atoms with E-state index in [-0.39, 0.29) is 0 Å². The SMILES string of the molecule is CCO[C@@H](Cc1ccc(OC/C=C(\C)c2ccc(-c3ccc(Cl)cc3)cc2)cc1)C(=O)O. The molecule has 0 saturated heterocycles. The molecule has 1 atom stereocenters. The van der Waals surface area contributed by atoms with Crippen LogP contribution in [0.4, 0.5) is 0 Å². The summed E-state index contributed by atoms with van der Waals surface area (Å²) in [5.41, 5.74) is 5.43. The van der Waals surface area contributed by atoms with Crippen molar-refractivity contribution in [2.75, 3.05) is 13.2 Å². The van der Waals surface area contributed by atoms with E-state index in [1.54, 1.807) is 6.92 Å². The second kappa shape index (κ2) is 11.5. The topological polar surface area (TPSA) is 55.8 Å². The molecular formula is C27H27ClO4. The highest BCUT2D eigenvalue weighted by Gasteiger charge is 2.17. The molecule has 0 heterocycles. The number of carbonyl (C=O) groups is 1. The molecule has 32 heavy (non-hydrogen) atoms. The van der Waals surface area contributed by atoms with E-state index in [1.807, 2.05) is 54.6 Å². The van der Waals surface area contributed by atoms with Gasteiger partial charge in [0.2, 0.25) is 0 Å². The third-order valence-electron chi connectivity index (χ3n) is 5.15. The normalized spacial score (nSPS) is 12.4. The molecule has 1 N–H and O–H groups in total. The molecule has 0 aliphatic heterocycles. The van der Waals surface area contributed by atoms with E-state index < -0.39 is 12.1 Å². The molecule has 0 fully saturated rings. The Labute approximate surface area is 194 Å². The summed E-state index contributed by atoms with van der Waals surface area (Å²) >= 11 is 5.96. The van der Waals surface area contributed by atoms with Gasteiger partial charge in [-0.3, -0.25) is 0 Å². The molecule has 3 rings (SSSR count). The Morgan fingerprint density at radius 2 is 1.56 bits per heavy atom. The van der Waals surface area contributed by atoms with Crippen LogP contribution in [0.1, 0.15) is 25.0 Å². The summed E-state index contributed by atoms with van der Waals surface area (Å²) in [6.07, 6.45) is 1.54. The monoisotopic (exact) mass is 450 g/mol. The fourth-order valence-corrected chi connectivity index (χ4v) is 3.43. The van der Waals surface area contributed by atoms with Crippen molar-refractivity contribution < 1.29 is 19.4 Å². The first-order valence-corrected chi connectivity index (χ1v) is 10.9. The lowest BCUT2D eigenvalue weighted by Gasteiger charge is -2.12. The largest absolute Gasteiger partial charge is 0.490 e. The number of rotatable bonds is 10. The van der Waals surface area contributed by atoms with Crippen molar-refractivity contribution in [3.8, 4) is 16.9 Å². The Bertz CT molecular complexity index is 1040. The molecule has 0 spiro atoms. The number of carboxylic acids is 1. The first kappa shape index (κ1) is 23.6. The molecule has 0 bridgehead atoms. The number of hydrogen-bond acceptors (Lipinski definition) is 3. The van der Waals surface area contributed by atoms with Gasteiger partial charge in [0, 0.05) is 18.1 Å². The second-order valence-corrected chi connectivity index (χ2v) is 7.85. The fraction of sp³-hybridized carbons (Fsp3) is 0.222. The van der Waals surface area contributed by atoms with Crippen LogP contribution >= 0.6 is 11.6 Å². The van der Waals surface area contributed by atoms with Crippen LogP contribution in [0.5, 0.6) is 5.75 Å². The summed E-state index contributed by atoms with van der Waals surface area (Å²) in [6, 6.07) is 23.7. The van der Waals surface area contributed by atoms with Crippen LogP contribution in [0, 0.1) is 0 Å². The minimum atomic E-state index is -0.950. The van der Waals surface area contributed by atoms with Gasteiger partial charge in [-0.15, -0.1) is 0 Å². The van der Waals surface area contributed by atoms with E-state index in [0.717, 1.165) is 38.6 Å². The molecule has 166 valence electrons. The highest BCUT2D eigenvalue weighted by Crippen LogP contribution is 2.24. The number of carboxylic acid groups (broad SMARTS) is 1. The van der Waals surface area contributed by atoms with Crippen LogP contribution < -0.4 is 4.74 Å². The molecular weight excluding hydrogens is 424 g/mol. The van der Waals surface area contributed by atoms with Crippen molar-refractivity contribution in [1.82, 2.24) is 0 Å². The smallest absolute Gasteiger partial charge is 0.333 e. The van der Waals surface area contributed by atoms with Gasteiger partial charge in [-0.05, 0) is 72.0 Å².